The number of nitrogens with zero attached hydrogens (tertiary/aromatic N) is 1. The molecule has 0 bridgehead atoms. The minimum Gasteiger partial charge on any atom is -0.440 e. The summed E-state index contributed by atoms with van der Waals surface area (Å²) in [5.74, 6) is 0.0104. The Morgan fingerprint density at radius 2 is 2.22 bits per heavy atom. The second-order valence-electron chi connectivity index (χ2n) is 4.31. The van der Waals surface area contributed by atoms with E-state index in [1.54, 1.807) is 12.1 Å². The maximum absolute atomic E-state index is 11.7. The highest BCUT2D eigenvalue weighted by atomic mass is 35.5. The SMILES string of the molecule is CC(CNC(=O)c1ccc(Cl)o1)N1CCOCC1. The van der Waals surface area contributed by atoms with Gasteiger partial charge in [-0.05, 0) is 30.7 Å². The molecule has 1 N–H and O–H groups in total. The summed E-state index contributed by atoms with van der Waals surface area (Å²) in [7, 11) is 0. The van der Waals surface area contributed by atoms with Gasteiger partial charge in [-0.2, -0.15) is 0 Å². The summed E-state index contributed by atoms with van der Waals surface area (Å²) in [6.45, 7) is 5.99. The molecular weight excluding hydrogens is 256 g/mol. The highest BCUT2D eigenvalue weighted by molar-refractivity contribution is 6.29. The molecule has 5 nitrogen and oxygen atoms in total. The zero-order valence-electron chi connectivity index (χ0n) is 10.3. The number of nitrogens with one attached hydrogen (secondary N) is 1. The zero-order valence-corrected chi connectivity index (χ0v) is 11.1. The summed E-state index contributed by atoms with van der Waals surface area (Å²) < 4.78 is 10.3. The van der Waals surface area contributed by atoms with Crippen molar-refractivity contribution in [3.63, 3.8) is 0 Å². The van der Waals surface area contributed by atoms with Crippen molar-refractivity contribution in [1.82, 2.24) is 10.2 Å². The fourth-order valence-electron chi connectivity index (χ4n) is 1.91. The van der Waals surface area contributed by atoms with E-state index >= 15 is 0 Å². The molecule has 0 radical (unpaired) electrons. The number of amides is 1. The number of halogens is 1. The van der Waals surface area contributed by atoms with Crippen molar-refractivity contribution in [2.75, 3.05) is 32.8 Å². The smallest absolute Gasteiger partial charge is 0.287 e. The Hall–Kier alpha value is -1.04. The van der Waals surface area contributed by atoms with Gasteiger partial charge in [0.2, 0.25) is 0 Å². The predicted molar refractivity (Wildman–Crippen MR) is 67.9 cm³/mol. The van der Waals surface area contributed by atoms with Gasteiger partial charge in [-0.1, -0.05) is 0 Å². The molecule has 1 amide bonds. The highest BCUT2D eigenvalue weighted by Crippen LogP contribution is 2.12. The second kappa shape index (κ2) is 6.22. The van der Waals surface area contributed by atoms with E-state index in [0.717, 1.165) is 26.3 Å². The first-order valence-electron chi connectivity index (χ1n) is 6.02. The van der Waals surface area contributed by atoms with Crippen molar-refractivity contribution in [1.29, 1.82) is 0 Å². The first kappa shape index (κ1) is 13.4. The minimum atomic E-state index is -0.234. The van der Waals surface area contributed by atoms with E-state index in [2.05, 4.69) is 17.1 Å². The molecule has 1 fully saturated rings. The summed E-state index contributed by atoms with van der Waals surface area (Å²) >= 11 is 5.62. The molecule has 1 aromatic heterocycles. The molecule has 1 unspecified atom stereocenters. The van der Waals surface area contributed by atoms with Crippen molar-refractivity contribution in [3.8, 4) is 0 Å². The monoisotopic (exact) mass is 272 g/mol. The molecule has 6 heteroatoms. The lowest BCUT2D eigenvalue weighted by Crippen LogP contribution is -2.47. The van der Waals surface area contributed by atoms with Crippen molar-refractivity contribution in [2.24, 2.45) is 0 Å². The third-order valence-corrected chi connectivity index (χ3v) is 3.23. The van der Waals surface area contributed by atoms with Gasteiger partial charge < -0.3 is 14.5 Å². The topological polar surface area (TPSA) is 54.7 Å². The molecule has 100 valence electrons. The molecule has 18 heavy (non-hydrogen) atoms. The maximum atomic E-state index is 11.7. The summed E-state index contributed by atoms with van der Waals surface area (Å²) in [5.41, 5.74) is 0. The quantitative estimate of drug-likeness (QED) is 0.900. The summed E-state index contributed by atoms with van der Waals surface area (Å²) in [6, 6.07) is 3.40. The Balaban J connectivity index is 1.78. The van der Waals surface area contributed by atoms with Crippen LogP contribution in [0, 0.1) is 0 Å². The third-order valence-electron chi connectivity index (χ3n) is 3.02. The second-order valence-corrected chi connectivity index (χ2v) is 4.68. The van der Waals surface area contributed by atoms with Gasteiger partial charge in [0.25, 0.3) is 5.91 Å². The zero-order chi connectivity index (χ0) is 13.0. The highest BCUT2D eigenvalue weighted by Gasteiger charge is 2.18. The number of furan rings is 1. The van der Waals surface area contributed by atoms with E-state index < -0.39 is 0 Å². The van der Waals surface area contributed by atoms with Crippen LogP contribution in [-0.4, -0.2) is 49.7 Å². The lowest BCUT2D eigenvalue weighted by molar-refractivity contribution is 0.0203. The van der Waals surface area contributed by atoms with Gasteiger partial charge in [-0.25, -0.2) is 0 Å². The average Bonchev–Trinajstić information content (AvgIpc) is 2.83. The largest absolute Gasteiger partial charge is 0.440 e. The van der Waals surface area contributed by atoms with Crippen molar-refractivity contribution in [2.45, 2.75) is 13.0 Å². The van der Waals surface area contributed by atoms with Gasteiger partial charge in [-0.15, -0.1) is 0 Å². The molecular formula is C12H17ClN2O3. The lowest BCUT2D eigenvalue weighted by atomic mass is 10.2. The molecule has 0 saturated carbocycles. The van der Waals surface area contributed by atoms with E-state index in [-0.39, 0.29) is 22.9 Å². The Morgan fingerprint density at radius 1 is 1.50 bits per heavy atom. The van der Waals surface area contributed by atoms with Crippen LogP contribution < -0.4 is 5.32 Å². The number of morpholine rings is 1. The predicted octanol–water partition coefficient (Wildman–Crippen LogP) is 1.38. The first-order chi connectivity index (χ1) is 8.66. The Bertz CT molecular complexity index is 402. The van der Waals surface area contributed by atoms with E-state index in [1.807, 2.05) is 0 Å². The van der Waals surface area contributed by atoms with Crippen LogP contribution in [-0.2, 0) is 4.74 Å². The fourth-order valence-corrected chi connectivity index (χ4v) is 2.06. The molecule has 0 aliphatic carbocycles. The van der Waals surface area contributed by atoms with Crippen LogP contribution in [0.4, 0.5) is 0 Å². The van der Waals surface area contributed by atoms with Gasteiger partial charge in [0.05, 0.1) is 13.2 Å². The average molecular weight is 273 g/mol. The minimum absolute atomic E-state index is 0.223. The van der Waals surface area contributed by atoms with Crippen molar-refractivity contribution in [3.05, 3.63) is 23.1 Å². The van der Waals surface area contributed by atoms with E-state index in [9.17, 15) is 4.79 Å². The van der Waals surface area contributed by atoms with Crippen LogP contribution in [0.2, 0.25) is 5.22 Å². The summed E-state index contributed by atoms with van der Waals surface area (Å²) in [6.07, 6.45) is 0. The van der Waals surface area contributed by atoms with Gasteiger partial charge in [-0.3, -0.25) is 9.69 Å². The number of carbonyl (C=O) groups is 1. The van der Waals surface area contributed by atoms with Crippen LogP contribution in [0.3, 0.4) is 0 Å². The molecule has 1 saturated heterocycles. The summed E-state index contributed by atoms with van der Waals surface area (Å²) in [4.78, 5) is 14.0. The van der Waals surface area contributed by atoms with Gasteiger partial charge >= 0.3 is 0 Å². The molecule has 1 aromatic rings. The van der Waals surface area contributed by atoms with Crippen LogP contribution in [0.25, 0.3) is 0 Å². The number of hydrogen-bond acceptors (Lipinski definition) is 4. The number of carbonyl (C=O) groups excluding carboxylic acids is 1. The molecule has 0 spiro atoms. The lowest BCUT2D eigenvalue weighted by Gasteiger charge is -2.32. The van der Waals surface area contributed by atoms with Crippen LogP contribution in [0.5, 0.6) is 0 Å². The van der Waals surface area contributed by atoms with Crippen molar-refractivity contribution >= 4 is 17.5 Å². The van der Waals surface area contributed by atoms with E-state index in [4.69, 9.17) is 20.8 Å². The third kappa shape index (κ3) is 3.48. The molecule has 1 atom stereocenters. The van der Waals surface area contributed by atoms with Gasteiger partial charge in [0.1, 0.15) is 0 Å². The Kier molecular flexibility index (Phi) is 4.63. The first-order valence-corrected chi connectivity index (χ1v) is 6.40. The fraction of sp³-hybridized carbons (Fsp3) is 0.583. The molecule has 2 rings (SSSR count). The van der Waals surface area contributed by atoms with E-state index in [1.165, 1.54) is 0 Å². The van der Waals surface area contributed by atoms with Crippen LogP contribution >= 0.6 is 11.6 Å². The Morgan fingerprint density at radius 3 is 2.83 bits per heavy atom. The van der Waals surface area contributed by atoms with Gasteiger partial charge in [0.15, 0.2) is 11.0 Å². The van der Waals surface area contributed by atoms with Crippen LogP contribution in [0.1, 0.15) is 17.5 Å². The number of hydrogen-bond donors (Lipinski definition) is 1. The molecule has 1 aliphatic rings. The van der Waals surface area contributed by atoms with E-state index in [0.29, 0.717) is 6.54 Å². The molecule has 1 aliphatic heterocycles. The molecule has 2 heterocycles. The van der Waals surface area contributed by atoms with Crippen molar-refractivity contribution < 1.29 is 13.9 Å². The summed E-state index contributed by atoms with van der Waals surface area (Å²) in [5, 5.41) is 3.06. The van der Waals surface area contributed by atoms with Crippen LogP contribution in [0.15, 0.2) is 16.5 Å². The molecule has 0 aromatic carbocycles. The normalized spacial score (nSPS) is 18.6. The van der Waals surface area contributed by atoms with Gasteiger partial charge in [0, 0.05) is 25.7 Å². The standard InChI is InChI=1S/C12H17ClN2O3/c1-9(15-4-6-17-7-5-15)8-14-12(16)10-2-3-11(13)18-10/h2-3,9H,4-8H2,1H3,(H,14,16). The number of ether oxygens (including phenoxy) is 1. The maximum Gasteiger partial charge on any atom is 0.287 e. The Labute approximate surface area is 111 Å². The number of rotatable bonds is 4.